The average molecular weight is 311 g/mol. The van der Waals surface area contributed by atoms with Crippen molar-refractivity contribution in [1.82, 2.24) is 5.32 Å². The zero-order chi connectivity index (χ0) is 10.8. The molecular formula is C10H10BrClFNO2. The van der Waals surface area contributed by atoms with Crippen LogP contribution in [0.1, 0.15) is 18.0 Å². The van der Waals surface area contributed by atoms with Crippen molar-refractivity contribution in [3.8, 4) is 0 Å². The molecule has 1 aliphatic rings. The molecule has 16 heavy (non-hydrogen) atoms. The summed E-state index contributed by atoms with van der Waals surface area (Å²) in [4.78, 5) is 11.0. The highest BCUT2D eigenvalue weighted by Gasteiger charge is 2.21. The van der Waals surface area contributed by atoms with E-state index in [1.54, 1.807) is 6.07 Å². The number of alkyl carbamates (subject to hydrolysis) is 1. The zero-order valence-corrected chi connectivity index (χ0v) is 10.6. The number of nitrogens with one attached hydrogen (secondary N) is 1. The van der Waals surface area contributed by atoms with E-state index < -0.39 is 6.09 Å². The Morgan fingerprint density at radius 2 is 2.19 bits per heavy atom. The molecule has 0 bridgehead atoms. The molecule has 1 saturated heterocycles. The van der Waals surface area contributed by atoms with Gasteiger partial charge in [-0.25, -0.2) is 9.18 Å². The first-order valence-electron chi connectivity index (χ1n) is 4.54. The number of carbonyl (C=O) groups excluding carboxylic acids is 1. The second kappa shape index (κ2) is 5.50. The number of halogens is 3. The Hall–Kier alpha value is -0.810. The van der Waals surface area contributed by atoms with E-state index in [1.165, 1.54) is 12.1 Å². The first kappa shape index (κ1) is 13.3. The minimum Gasteiger partial charge on any atom is -0.449 e. The fourth-order valence-corrected chi connectivity index (χ4v) is 2.03. The third kappa shape index (κ3) is 3.09. The van der Waals surface area contributed by atoms with Gasteiger partial charge in [-0.3, -0.25) is 0 Å². The van der Waals surface area contributed by atoms with Gasteiger partial charge in [-0.05, 0) is 23.8 Å². The standard InChI is InChI=1S/C10H9BrFNO2.ClH/c11-7-3-6(4-8(12)5-7)9-1-2-15-10(14)13-9;/h3-5,9H,1-2H2,(H,13,14);1H/t9-;/m0./s1. The molecule has 3 nitrogen and oxygen atoms in total. The molecule has 1 aliphatic heterocycles. The molecule has 1 fully saturated rings. The molecule has 88 valence electrons. The Morgan fingerprint density at radius 3 is 2.81 bits per heavy atom. The van der Waals surface area contributed by atoms with E-state index in [-0.39, 0.29) is 24.3 Å². The SMILES string of the molecule is Cl.O=C1N[C@H](c2cc(F)cc(Br)c2)CCO1. The van der Waals surface area contributed by atoms with Gasteiger partial charge in [0.15, 0.2) is 0 Å². The topological polar surface area (TPSA) is 38.3 Å². The summed E-state index contributed by atoms with van der Waals surface area (Å²) < 4.78 is 18.5. The zero-order valence-electron chi connectivity index (χ0n) is 8.20. The van der Waals surface area contributed by atoms with Crippen molar-refractivity contribution in [3.63, 3.8) is 0 Å². The highest BCUT2D eigenvalue weighted by atomic mass is 79.9. The van der Waals surface area contributed by atoms with E-state index in [4.69, 9.17) is 4.74 Å². The number of hydrogen-bond acceptors (Lipinski definition) is 2. The van der Waals surface area contributed by atoms with Gasteiger partial charge in [0.25, 0.3) is 0 Å². The van der Waals surface area contributed by atoms with Crippen LogP contribution in [0.15, 0.2) is 22.7 Å². The summed E-state index contributed by atoms with van der Waals surface area (Å²) in [5.74, 6) is -0.319. The molecule has 0 saturated carbocycles. The van der Waals surface area contributed by atoms with Crippen LogP contribution in [0, 0.1) is 5.82 Å². The largest absolute Gasteiger partial charge is 0.449 e. The van der Waals surface area contributed by atoms with Gasteiger partial charge in [0.2, 0.25) is 0 Å². The monoisotopic (exact) mass is 309 g/mol. The molecular weight excluding hydrogens is 300 g/mol. The van der Waals surface area contributed by atoms with Crippen molar-refractivity contribution in [2.45, 2.75) is 12.5 Å². The van der Waals surface area contributed by atoms with E-state index in [9.17, 15) is 9.18 Å². The fraction of sp³-hybridized carbons (Fsp3) is 0.300. The number of ether oxygens (including phenoxy) is 1. The van der Waals surface area contributed by atoms with Crippen molar-refractivity contribution >= 4 is 34.4 Å². The number of amides is 1. The van der Waals surface area contributed by atoms with Crippen LogP contribution < -0.4 is 5.32 Å². The Bertz CT molecular complexity index is 382. The second-order valence-electron chi connectivity index (χ2n) is 3.32. The van der Waals surface area contributed by atoms with Crippen LogP contribution in [0.5, 0.6) is 0 Å². The molecule has 1 atom stereocenters. The van der Waals surface area contributed by atoms with Crippen LogP contribution in [0.2, 0.25) is 0 Å². The molecule has 2 rings (SSSR count). The summed E-state index contributed by atoms with van der Waals surface area (Å²) in [6.07, 6.45) is 0.202. The van der Waals surface area contributed by atoms with Gasteiger partial charge in [-0.15, -0.1) is 12.4 Å². The van der Waals surface area contributed by atoms with Crippen molar-refractivity contribution in [2.24, 2.45) is 0 Å². The lowest BCUT2D eigenvalue weighted by atomic mass is 10.0. The molecule has 0 unspecified atom stereocenters. The van der Waals surface area contributed by atoms with E-state index in [0.717, 1.165) is 5.56 Å². The summed E-state index contributed by atoms with van der Waals surface area (Å²) in [6.45, 7) is 0.366. The van der Waals surface area contributed by atoms with Crippen LogP contribution in [0.3, 0.4) is 0 Å². The predicted octanol–water partition coefficient (Wildman–Crippen LogP) is 3.18. The second-order valence-corrected chi connectivity index (χ2v) is 4.24. The maximum Gasteiger partial charge on any atom is 0.407 e. The van der Waals surface area contributed by atoms with Gasteiger partial charge < -0.3 is 10.1 Å². The number of carbonyl (C=O) groups is 1. The maximum absolute atomic E-state index is 13.1. The predicted molar refractivity (Wildman–Crippen MR) is 63.2 cm³/mol. The average Bonchev–Trinajstić information content (AvgIpc) is 2.16. The molecule has 1 heterocycles. The first-order valence-corrected chi connectivity index (χ1v) is 5.34. The molecule has 1 aromatic carbocycles. The lowest BCUT2D eigenvalue weighted by Gasteiger charge is -2.23. The molecule has 0 radical (unpaired) electrons. The fourth-order valence-electron chi connectivity index (χ4n) is 1.55. The maximum atomic E-state index is 13.1. The highest BCUT2D eigenvalue weighted by molar-refractivity contribution is 9.10. The highest BCUT2D eigenvalue weighted by Crippen LogP contribution is 2.24. The number of cyclic esters (lactones) is 1. The van der Waals surface area contributed by atoms with E-state index in [2.05, 4.69) is 21.2 Å². The third-order valence-corrected chi connectivity index (χ3v) is 2.68. The van der Waals surface area contributed by atoms with Crippen LogP contribution in [0.4, 0.5) is 9.18 Å². The minimum absolute atomic E-state index is 0. The minimum atomic E-state index is -0.452. The quantitative estimate of drug-likeness (QED) is 0.865. The van der Waals surface area contributed by atoms with E-state index in [0.29, 0.717) is 17.5 Å². The van der Waals surface area contributed by atoms with Crippen molar-refractivity contribution < 1.29 is 13.9 Å². The van der Waals surface area contributed by atoms with E-state index in [1.807, 2.05) is 0 Å². The molecule has 1 N–H and O–H groups in total. The van der Waals surface area contributed by atoms with Gasteiger partial charge in [0, 0.05) is 10.9 Å². The smallest absolute Gasteiger partial charge is 0.407 e. The number of rotatable bonds is 1. The molecule has 0 aliphatic carbocycles. The lowest BCUT2D eigenvalue weighted by molar-refractivity contribution is 0.115. The molecule has 0 spiro atoms. The van der Waals surface area contributed by atoms with Crippen LogP contribution in [0.25, 0.3) is 0 Å². The summed E-state index contributed by atoms with van der Waals surface area (Å²) in [5, 5.41) is 2.64. The summed E-state index contributed by atoms with van der Waals surface area (Å²) >= 11 is 3.21. The molecule has 6 heteroatoms. The number of hydrogen-bond donors (Lipinski definition) is 1. The van der Waals surface area contributed by atoms with Crippen molar-refractivity contribution in [2.75, 3.05) is 6.61 Å². The van der Waals surface area contributed by atoms with E-state index >= 15 is 0 Å². The third-order valence-electron chi connectivity index (χ3n) is 2.22. The Labute approximate surface area is 107 Å². The van der Waals surface area contributed by atoms with Gasteiger partial charge >= 0.3 is 6.09 Å². The summed E-state index contributed by atoms with van der Waals surface area (Å²) in [5.41, 5.74) is 0.749. The summed E-state index contributed by atoms with van der Waals surface area (Å²) in [7, 11) is 0. The van der Waals surface area contributed by atoms with Crippen molar-refractivity contribution in [1.29, 1.82) is 0 Å². The van der Waals surface area contributed by atoms with Gasteiger partial charge in [-0.2, -0.15) is 0 Å². The Balaban J connectivity index is 0.00000128. The normalized spacial score (nSPS) is 19.4. The first-order chi connectivity index (χ1) is 7.15. The van der Waals surface area contributed by atoms with Crippen LogP contribution in [-0.2, 0) is 4.74 Å². The van der Waals surface area contributed by atoms with Crippen LogP contribution in [-0.4, -0.2) is 12.7 Å². The Kier molecular flexibility index (Phi) is 4.56. The Morgan fingerprint density at radius 1 is 1.44 bits per heavy atom. The lowest BCUT2D eigenvalue weighted by Crippen LogP contribution is -2.35. The van der Waals surface area contributed by atoms with Crippen molar-refractivity contribution in [3.05, 3.63) is 34.1 Å². The number of benzene rings is 1. The molecule has 0 aromatic heterocycles. The summed E-state index contributed by atoms with van der Waals surface area (Å²) in [6, 6.07) is 4.42. The van der Waals surface area contributed by atoms with Crippen LogP contribution >= 0.6 is 28.3 Å². The van der Waals surface area contributed by atoms with Gasteiger partial charge in [-0.1, -0.05) is 15.9 Å². The van der Waals surface area contributed by atoms with Gasteiger partial charge in [0.1, 0.15) is 5.82 Å². The molecule has 1 amide bonds. The van der Waals surface area contributed by atoms with Gasteiger partial charge in [0.05, 0.1) is 12.6 Å². The molecule has 1 aromatic rings.